The Hall–Kier alpha value is -1.61. The highest BCUT2D eigenvalue weighted by molar-refractivity contribution is 5.84. The minimum Gasteiger partial charge on any atom is -0.467 e. The third-order valence-corrected chi connectivity index (χ3v) is 3.09. The van der Waals surface area contributed by atoms with Gasteiger partial charge < -0.3 is 19.1 Å². The Kier molecular flexibility index (Phi) is 2.86. The van der Waals surface area contributed by atoms with Crippen LogP contribution >= 0.6 is 0 Å². The number of carbonyl (C=O) groups excluding carboxylic acids is 1. The van der Waals surface area contributed by atoms with Crippen molar-refractivity contribution in [2.24, 2.45) is 7.05 Å². The molecule has 0 radical (unpaired) electrons. The third-order valence-electron chi connectivity index (χ3n) is 3.09. The Bertz CT molecular complexity index is 509. The van der Waals surface area contributed by atoms with Crippen LogP contribution in [0.5, 0.6) is 0 Å². The van der Waals surface area contributed by atoms with Gasteiger partial charge in [0.1, 0.15) is 0 Å². The van der Waals surface area contributed by atoms with Crippen molar-refractivity contribution in [3.8, 4) is 0 Å². The van der Waals surface area contributed by atoms with Crippen molar-refractivity contribution < 1.29 is 32.5 Å². The zero-order chi connectivity index (χ0) is 14.5. The molecule has 1 aromatic heterocycles. The van der Waals surface area contributed by atoms with Gasteiger partial charge in [-0.05, 0) is 0 Å². The molecule has 2 unspecified atom stereocenters. The quantitative estimate of drug-likeness (QED) is 0.628. The Morgan fingerprint density at radius 3 is 2.53 bits per heavy atom. The molecule has 0 amide bonds. The van der Waals surface area contributed by atoms with E-state index >= 15 is 0 Å². The number of carbonyl (C=O) groups is 1. The fourth-order valence-electron chi connectivity index (χ4n) is 1.96. The summed E-state index contributed by atoms with van der Waals surface area (Å²) in [6.45, 7) is -0.595. The first-order chi connectivity index (χ1) is 8.70. The van der Waals surface area contributed by atoms with Gasteiger partial charge in [0.2, 0.25) is 5.60 Å². The maximum Gasteiger partial charge on any atom is 0.428 e. The standard InChI is InChI=1S/C10H11F3N2O4/c1-15-4-3-14-6(15)9(17,10(11,12)13)8(5-19-8)7(16)18-2/h3-4,17H,5H2,1-2H3. The number of halogens is 3. The van der Waals surface area contributed by atoms with Crippen LogP contribution in [0.2, 0.25) is 0 Å². The van der Waals surface area contributed by atoms with Crippen molar-refractivity contribution in [3.63, 3.8) is 0 Å². The summed E-state index contributed by atoms with van der Waals surface area (Å²) >= 11 is 0. The Morgan fingerprint density at radius 1 is 1.63 bits per heavy atom. The first-order valence-corrected chi connectivity index (χ1v) is 5.20. The number of aliphatic hydroxyl groups is 1. The molecule has 1 aromatic rings. The van der Waals surface area contributed by atoms with E-state index in [2.05, 4.69) is 14.5 Å². The van der Waals surface area contributed by atoms with Crippen molar-refractivity contribution >= 4 is 5.97 Å². The number of ether oxygens (including phenoxy) is 2. The summed E-state index contributed by atoms with van der Waals surface area (Å²) in [6.07, 6.45) is -2.85. The van der Waals surface area contributed by atoms with Crippen LogP contribution < -0.4 is 0 Å². The summed E-state index contributed by atoms with van der Waals surface area (Å²) in [4.78, 5) is 15.0. The minimum absolute atomic E-state index is 0.595. The molecule has 106 valence electrons. The maximum absolute atomic E-state index is 13.3. The van der Waals surface area contributed by atoms with E-state index in [1.54, 1.807) is 0 Å². The van der Waals surface area contributed by atoms with Crippen LogP contribution in [-0.2, 0) is 26.9 Å². The van der Waals surface area contributed by atoms with Crippen molar-refractivity contribution in [2.75, 3.05) is 13.7 Å². The SMILES string of the molecule is COC(=O)C1(C(O)(c2nccn2C)C(F)(F)F)CO1. The topological polar surface area (TPSA) is 76.9 Å². The highest BCUT2D eigenvalue weighted by Crippen LogP contribution is 2.53. The van der Waals surface area contributed by atoms with Crippen LogP contribution in [0.4, 0.5) is 13.2 Å². The molecular formula is C10H11F3N2O4. The summed E-state index contributed by atoms with van der Waals surface area (Å²) in [5, 5.41) is 10.1. The fourth-order valence-corrected chi connectivity index (χ4v) is 1.96. The lowest BCUT2D eigenvalue weighted by Gasteiger charge is -2.33. The van der Waals surface area contributed by atoms with Gasteiger partial charge in [0, 0.05) is 19.4 Å². The zero-order valence-electron chi connectivity index (χ0n) is 10.1. The van der Waals surface area contributed by atoms with Crippen LogP contribution in [-0.4, -0.2) is 46.1 Å². The van der Waals surface area contributed by atoms with E-state index in [0.717, 1.165) is 17.9 Å². The summed E-state index contributed by atoms with van der Waals surface area (Å²) in [6, 6.07) is 0. The van der Waals surface area contributed by atoms with Crippen molar-refractivity contribution in [2.45, 2.75) is 17.4 Å². The predicted octanol–water partition coefficient (Wildman–Crippen LogP) is 0.112. The van der Waals surface area contributed by atoms with Crippen molar-refractivity contribution in [1.82, 2.24) is 9.55 Å². The fraction of sp³-hybridized carbons (Fsp3) is 0.600. The highest BCUT2D eigenvalue weighted by Gasteiger charge is 2.80. The molecule has 2 rings (SSSR count). The van der Waals surface area contributed by atoms with E-state index in [1.165, 1.54) is 13.2 Å². The summed E-state index contributed by atoms with van der Waals surface area (Å²) in [7, 11) is 2.19. The van der Waals surface area contributed by atoms with Gasteiger partial charge in [0.05, 0.1) is 13.7 Å². The number of imidazole rings is 1. The molecule has 2 atom stereocenters. The number of rotatable bonds is 3. The number of aryl methyl sites for hydroxylation is 1. The van der Waals surface area contributed by atoms with Gasteiger partial charge in [0.25, 0.3) is 5.60 Å². The lowest BCUT2D eigenvalue weighted by Crippen LogP contribution is -2.59. The molecule has 0 spiro atoms. The molecule has 1 fully saturated rings. The third kappa shape index (κ3) is 1.65. The highest BCUT2D eigenvalue weighted by atomic mass is 19.4. The van der Waals surface area contributed by atoms with Gasteiger partial charge in [-0.15, -0.1) is 0 Å². The van der Waals surface area contributed by atoms with Crippen LogP contribution in [0.15, 0.2) is 12.4 Å². The molecule has 0 saturated carbocycles. The van der Waals surface area contributed by atoms with Crippen LogP contribution in [0.3, 0.4) is 0 Å². The number of aromatic nitrogens is 2. The molecule has 0 aliphatic carbocycles. The second kappa shape index (κ2) is 3.94. The van der Waals surface area contributed by atoms with Gasteiger partial charge in [-0.25, -0.2) is 9.78 Å². The molecule has 1 aliphatic rings. The average Bonchev–Trinajstić information content (AvgIpc) is 3.03. The van der Waals surface area contributed by atoms with Crippen molar-refractivity contribution in [3.05, 3.63) is 18.2 Å². The average molecular weight is 280 g/mol. The molecule has 1 aliphatic heterocycles. The smallest absolute Gasteiger partial charge is 0.428 e. The number of alkyl halides is 3. The van der Waals surface area contributed by atoms with Gasteiger partial charge in [-0.1, -0.05) is 0 Å². The molecule has 9 heteroatoms. The summed E-state index contributed by atoms with van der Waals surface area (Å²) < 4.78 is 49.8. The lowest BCUT2D eigenvalue weighted by molar-refractivity contribution is -0.292. The number of nitrogens with zero attached hydrogens (tertiary/aromatic N) is 2. The van der Waals surface area contributed by atoms with E-state index in [4.69, 9.17) is 0 Å². The van der Waals surface area contributed by atoms with E-state index in [0.29, 0.717) is 0 Å². The summed E-state index contributed by atoms with van der Waals surface area (Å²) in [5.41, 5.74) is -6.07. The summed E-state index contributed by atoms with van der Waals surface area (Å²) in [5.74, 6) is -2.03. The maximum atomic E-state index is 13.3. The number of esters is 1. The number of hydrogen-bond acceptors (Lipinski definition) is 5. The normalized spacial score (nSPS) is 25.8. The van der Waals surface area contributed by atoms with Crippen LogP contribution in [0.25, 0.3) is 0 Å². The Balaban J connectivity index is 2.62. The van der Waals surface area contributed by atoms with Gasteiger partial charge in [-0.3, -0.25) is 0 Å². The molecule has 0 aromatic carbocycles. The van der Waals surface area contributed by atoms with E-state index in [-0.39, 0.29) is 0 Å². The number of hydrogen-bond donors (Lipinski definition) is 1. The molecule has 6 nitrogen and oxygen atoms in total. The second-order valence-electron chi connectivity index (χ2n) is 4.18. The largest absolute Gasteiger partial charge is 0.467 e. The second-order valence-corrected chi connectivity index (χ2v) is 4.18. The van der Waals surface area contributed by atoms with E-state index < -0.39 is 35.8 Å². The van der Waals surface area contributed by atoms with Gasteiger partial charge in [0.15, 0.2) is 5.82 Å². The number of methoxy groups -OCH3 is 1. The lowest BCUT2D eigenvalue weighted by atomic mass is 9.85. The first-order valence-electron chi connectivity index (χ1n) is 5.20. The minimum atomic E-state index is -5.16. The first kappa shape index (κ1) is 13.8. The van der Waals surface area contributed by atoms with Gasteiger partial charge >= 0.3 is 12.1 Å². The Morgan fingerprint density at radius 2 is 2.21 bits per heavy atom. The van der Waals surface area contributed by atoms with E-state index in [9.17, 15) is 23.1 Å². The van der Waals surface area contributed by atoms with Crippen molar-refractivity contribution in [1.29, 1.82) is 0 Å². The predicted molar refractivity (Wildman–Crippen MR) is 53.9 cm³/mol. The Labute approximate surface area is 105 Å². The molecule has 19 heavy (non-hydrogen) atoms. The molecular weight excluding hydrogens is 269 g/mol. The molecule has 1 N–H and O–H groups in total. The molecule has 0 bridgehead atoms. The molecule has 2 heterocycles. The van der Waals surface area contributed by atoms with E-state index in [1.807, 2.05) is 0 Å². The molecule has 1 saturated heterocycles. The number of epoxide rings is 1. The van der Waals surface area contributed by atoms with Crippen LogP contribution in [0, 0.1) is 0 Å². The van der Waals surface area contributed by atoms with Gasteiger partial charge in [-0.2, -0.15) is 13.2 Å². The zero-order valence-corrected chi connectivity index (χ0v) is 10.1. The monoisotopic (exact) mass is 280 g/mol. The van der Waals surface area contributed by atoms with Crippen LogP contribution in [0.1, 0.15) is 5.82 Å².